The molecule has 0 aromatic carbocycles. The van der Waals surface area contributed by atoms with Gasteiger partial charge in [-0.3, -0.25) is 15.5 Å². The minimum absolute atomic E-state index is 0.0732. The predicted octanol–water partition coefficient (Wildman–Crippen LogP) is 1.23. The van der Waals surface area contributed by atoms with Crippen LogP contribution in [0.5, 0.6) is 0 Å². The van der Waals surface area contributed by atoms with E-state index in [1.54, 1.807) is 18.5 Å². The minimum Gasteiger partial charge on any atom is -0.261 e. The average Bonchev–Trinajstić information content (AvgIpc) is 2.40. The molecule has 0 amide bonds. The monoisotopic (exact) mass is 244 g/mol. The normalized spacial score (nSPS) is 10.4. The van der Waals surface area contributed by atoms with Crippen molar-refractivity contribution < 1.29 is 4.92 Å². The lowest BCUT2D eigenvalue weighted by Crippen LogP contribution is -1.97. The molecule has 0 bridgehead atoms. The average molecular weight is 244 g/mol. The molecular formula is C10H8N6O2. The topological polar surface area (TPSA) is 106 Å². The lowest BCUT2D eigenvalue weighted by molar-refractivity contribution is -0.385. The van der Waals surface area contributed by atoms with Gasteiger partial charge in [-0.15, -0.1) is 0 Å². The van der Waals surface area contributed by atoms with E-state index in [0.717, 1.165) is 6.20 Å². The summed E-state index contributed by atoms with van der Waals surface area (Å²) in [6, 6.07) is 4.49. The molecule has 2 rings (SSSR count). The summed E-state index contributed by atoms with van der Waals surface area (Å²) in [5.41, 5.74) is 2.54. The quantitative estimate of drug-likeness (QED) is 0.492. The summed E-state index contributed by atoms with van der Waals surface area (Å²) in [6.07, 6.45) is 5.76. The molecule has 0 unspecified atom stereocenters. The Kier molecular flexibility index (Phi) is 3.50. The third kappa shape index (κ3) is 3.04. The molecule has 0 fully saturated rings. The zero-order chi connectivity index (χ0) is 12.8. The van der Waals surface area contributed by atoms with Gasteiger partial charge in [0.2, 0.25) is 0 Å². The number of nitrogens with zero attached hydrogens (tertiary/aromatic N) is 5. The fourth-order valence-electron chi connectivity index (χ4n) is 1.09. The summed E-state index contributed by atoms with van der Waals surface area (Å²) in [6.45, 7) is 0. The molecule has 1 N–H and O–H groups in total. The van der Waals surface area contributed by atoms with Crippen LogP contribution in [0.25, 0.3) is 0 Å². The van der Waals surface area contributed by atoms with E-state index in [1.165, 1.54) is 18.3 Å². The van der Waals surface area contributed by atoms with Crippen LogP contribution in [-0.4, -0.2) is 26.1 Å². The number of nitrogens with one attached hydrogen (secondary N) is 1. The van der Waals surface area contributed by atoms with Crippen molar-refractivity contribution in [2.75, 3.05) is 5.43 Å². The first-order valence-corrected chi connectivity index (χ1v) is 4.92. The minimum atomic E-state index is -0.516. The van der Waals surface area contributed by atoms with Gasteiger partial charge in [0.1, 0.15) is 12.0 Å². The molecule has 0 spiro atoms. The van der Waals surface area contributed by atoms with Crippen molar-refractivity contribution >= 4 is 17.7 Å². The van der Waals surface area contributed by atoms with E-state index in [0.29, 0.717) is 11.6 Å². The fraction of sp³-hybridized carbons (Fsp3) is 0. The number of pyridine rings is 1. The van der Waals surface area contributed by atoms with E-state index < -0.39 is 4.92 Å². The summed E-state index contributed by atoms with van der Waals surface area (Å²) in [4.78, 5) is 21.6. The third-order valence-electron chi connectivity index (χ3n) is 1.90. The van der Waals surface area contributed by atoms with E-state index in [1.807, 2.05) is 0 Å². The van der Waals surface area contributed by atoms with Crippen molar-refractivity contribution in [2.45, 2.75) is 0 Å². The summed E-state index contributed by atoms with van der Waals surface area (Å²) < 4.78 is 0. The molecule has 0 aliphatic heterocycles. The predicted molar refractivity (Wildman–Crippen MR) is 64.1 cm³/mol. The van der Waals surface area contributed by atoms with Gasteiger partial charge >= 0.3 is 0 Å². The maximum Gasteiger partial charge on any atom is 0.287 e. The van der Waals surface area contributed by atoms with Crippen LogP contribution >= 0.6 is 0 Å². The number of nitro groups is 1. The standard InChI is InChI=1S/C10H8N6O2/c17-16(18)8-2-3-9(13-6-8)15-14-7-10-11-4-1-5-12-10/h1-7H,(H,13,15). The first-order valence-electron chi connectivity index (χ1n) is 4.92. The van der Waals surface area contributed by atoms with Crippen LogP contribution in [0.1, 0.15) is 5.82 Å². The van der Waals surface area contributed by atoms with Gasteiger partial charge in [0.15, 0.2) is 5.82 Å². The van der Waals surface area contributed by atoms with Crippen molar-refractivity contribution in [3.63, 3.8) is 0 Å². The third-order valence-corrected chi connectivity index (χ3v) is 1.90. The highest BCUT2D eigenvalue weighted by atomic mass is 16.6. The number of aromatic nitrogens is 3. The van der Waals surface area contributed by atoms with Crippen LogP contribution in [0.4, 0.5) is 11.5 Å². The van der Waals surface area contributed by atoms with Gasteiger partial charge in [0.25, 0.3) is 5.69 Å². The molecular weight excluding hydrogens is 236 g/mol. The number of hydrogen-bond donors (Lipinski definition) is 1. The molecule has 0 saturated heterocycles. The van der Waals surface area contributed by atoms with Crippen LogP contribution in [0.2, 0.25) is 0 Å². The highest BCUT2D eigenvalue weighted by Crippen LogP contribution is 2.11. The molecule has 0 saturated carbocycles. The summed E-state index contributed by atoms with van der Waals surface area (Å²) in [5.74, 6) is 0.847. The van der Waals surface area contributed by atoms with Crippen molar-refractivity contribution in [3.05, 3.63) is 52.7 Å². The largest absolute Gasteiger partial charge is 0.287 e. The fourth-order valence-corrected chi connectivity index (χ4v) is 1.09. The Bertz CT molecular complexity index is 554. The maximum atomic E-state index is 10.4. The smallest absolute Gasteiger partial charge is 0.261 e. The van der Waals surface area contributed by atoms with Crippen molar-refractivity contribution in [2.24, 2.45) is 5.10 Å². The van der Waals surface area contributed by atoms with Gasteiger partial charge < -0.3 is 0 Å². The molecule has 0 radical (unpaired) electrons. The Labute approximate surface area is 102 Å². The molecule has 90 valence electrons. The van der Waals surface area contributed by atoms with Gasteiger partial charge in [0.05, 0.1) is 11.1 Å². The van der Waals surface area contributed by atoms with E-state index in [4.69, 9.17) is 0 Å². The molecule has 18 heavy (non-hydrogen) atoms. The molecule has 2 heterocycles. The van der Waals surface area contributed by atoms with Gasteiger partial charge in [-0.25, -0.2) is 15.0 Å². The second-order valence-electron chi connectivity index (χ2n) is 3.14. The number of hydrazone groups is 1. The Morgan fingerprint density at radius 1 is 1.28 bits per heavy atom. The van der Waals surface area contributed by atoms with Gasteiger partial charge in [0, 0.05) is 18.5 Å². The highest BCUT2D eigenvalue weighted by molar-refractivity contribution is 5.74. The first kappa shape index (κ1) is 11.6. The van der Waals surface area contributed by atoms with E-state index in [2.05, 4.69) is 25.5 Å². The molecule has 0 aliphatic rings. The number of anilines is 1. The van der Waals surface area contributed by atoms with Crippen LogP contribution in [0, 0.1) is 10.1 Å². The second kappa shape index (κ2) is 5.43. The molecule has 0 aliphatic carbocycles. The van der Waals surface area contributed by atoms with Crippen LogP contribution < -0.4 is 5.43 Å². The van der Waals surface area contributed by atoms with E-state index in [9.17, 15) is 10.1 Å². The number of rotatable bonds is 4. The SMILES string of the molecule is O=[N+]([O-])c1ccc(NN=Cc2ncccn2)nc1. The second-order valence-corrected chi connectivity index (χ2v) is 3.14. The Hall–Kier alpha value is -2.90. The summed E-state index contributed by atoms with van der Waals surface area (Å²) in [5, 5.41) is 14.3. The Morgan fingerprint density at radius 3 is 2.67 bits per heavy atom. The molecule has 8 heteroatoms. The van der Waals surface area contributed by atoms with Crippen molar-refractivity contribution in [1.29, 1.82) is 0 Å². The molecule has 2 aromatic rings. The zero-order valence-electron chi connectivity index (χ0n) is 9.09. The first-order chi connectivity index (χ1) is 8.75. The summed E-state index contributed by atoms with van der Waals surface area (Å²) in [7, 11) is 0. The summed E-state index contributed by atoms with van der Waals surface area (Å²) >= 11 is 0. The van der Waals surface area contributed by atoms with E-state index >= 15 is 0 Å². The molecule has 0 atom stereocenters. The van der Waals surface area contributed by atoms with Gasteiger partial charge in [-0.05, 0) is 12.1 Å². The van der Waals surface area contributed by atoms with Crippen LogP contribution in [0.15, 0.2) is 41.9 Å². The lowest BCUT2D eigenvalue weighted by Gasteiger charge is -1.97. The maximum absolute atomic E-state index is 10.4. The Morgan fingerprint density at radius 2 is 2.06 bits per heavy atom. The van der Waals surface area contributed by atoms with Crippen LogP contribution in [0.3, 0.4) is 0 Å². The number of hydrogen-bond acceptors (Lipinski definition) is 7. The van der Waals surface area contributed by atoms with Gasteiger partial charge in [-0.1, -0.05) is 0 Å². The van der Waals surface area contributed by atoms with E-state index in [-0.39, 0.29) is 5.69 Å². The zero-order valence-corrected chi connectivity index (χ0v) is 9.09. The highest BCUT2D eigenvalue weighted by Gasteiger charge is 2.04. The van der Waals surface area contributed by atoms with Gasteiger partial charge in [-0.2, -0.15) is 5.10 Å². The molecule has 2 aromatic heterocycles. The van der Waals surface area contributed by atoms with Crippen molar-refractivity contribution in [3.8, 4) is 0 Å². The Balaban J connectivity index is 1.98. The van der Waals surface area contributed by atoms with Crippen LogP contribution in [-0.2, 0) is 0 Å². The van der Waals surface area contributed by atoms with Crippen molar-refractivity contribution in [1.82, 2.24) is 15.0 Å². The lowest BCUT2D eigenvalue weighted by atomic mass is 10.4. The molecule has 8 nitrogen and oxygen atoms in total.